The van der Waals surface area contributed by atoms with Gasteiger partial charge in [-0.05, 0) is 49.1 Å². The zero-order valence-electron chi connectivity index (χ0n) is 11.4. The summed E-state index contributed by atoms with van der Waals surface area (Å²) in [6, 6.07) is 17.9. The van der Waals surface area contributed by atoms with Gasteiger partial charge in [0, 0.05) is 11.5 Å². The second-order valence-corrected chi connectivity index (χ2v) is 5.12. The first-order valence-corrected chi connectivity index (χ1v) is 6.79. The van der Waals surface area contributed by atoms with Crippen molar-refractivity contribution in [3.8, 4) is 0 Å². The van der Waals surface area contributed by atoms with Gasteiger partial charge in [0.25, 0.3) is 0 Å². The van der Waals surface area contributed by atoms with Gasteiger partial charge in [-0.1, -0.05) is 35.9 Å². The van der Waals surface area contributed by atoms with Gasteiger partial charge in [-0.25, -0.2) is 4.79 Å². The molecule has 0 atom stereocenters. The Balaban J connectivity index is 1.81. The molecule has 2 nitrogen and oxygen atoms in total. The average molecular weight is 264 g/mol. The highest BCUT2D eigenvalue weighted by molar-refractivity contribution is 5.76. The highest BCUT2D eigenvalue weighted by atomic mass is 16.4. The van der Waals surface area contributed by atoms with E-state index in [9.17, 15) is 4.79 Å². The summed E-state index contributed by atoms with van der Waals surface area (Å²) in [6.45, 7) is 2.11. The summed E-state index contributed by atoms with van der Waals surface area (Å²) in [5.74, 6) is 0. The minimum Gasteiger partial charge on any atom is -0.423 e. The normalized spacial score (nSPS) is 10.8. The van der Waals surface area contributed by atoms with Gasteiger partial charge >= 0.3 is 5.63 Å². The summed E-state index contributed by atoms with van der Waals surface area (Å²) in [6.07, 6.45) is 2.00. The van der Waals surface area contributed by atoms with E-state index in [1.165, 1.54) is 22.8 Å². The van der Waals surface area contributed by atoms with Crippen LogP contribution < -0.4 is 5.63 Å². The summed E-state index contributed by atoms with van der Waals surface area (Å²) in [7, 11) is 0. The molecular weight excluding hydrogens is 248 g/mol. The molecule has 20 heavy (non-hydrogen) atoms. The van der Waals surface area contributed by atoms with Crippen LogP contribution in [0.2, 0.25) is 0 Å². The molecule has 0 fully saturated rings. The van der Waals surface area contributed by atoms with E-state index in [-0.39, 0.29) is 5.63 Å². The number of hydrogen-bond acceptors (Lipinski definition) is 2. The van der Waals surface area contributed by atoms with Crippen LogP contribution >= 0.6 is 0 Å². The fourth-order valence-corrected chi connectivity index (χ4v) is 2.43. The van der Waals surface area contributed by atoms with E-state index in [2.05, 4.69) is 37.3 Å². The molecule has 0 aliphatic rings. The predicted octanol–water partition coefficient (Wildman–Crippen LogP) is 3.89. The van der Waals surface area contributed by atoms with Crippen LogP contribution in [-0.2, 0) is 12.8 Å². The Kier molecular flexibility index (Phi) is 3.38. The monoisotopic (exact) mass is 264 g/mol. The Labute approximate surface area is 117 Å². The van der Waals surface area contributed by atoms with Crippen LogP contribution in [0.25, 0.3) is 11.0 Å². The minimum absolute atomic E-state index is 0.301. The van der Waals surface area contributed by atoms with Gasteiger partial charge in [0.2, 0.25) is 0 Å². The second kappa shape index (κ2) is 5.33. The lowest BCUT2D eigenvalue weighted by molar-refractivity contribution is 0.561. The van der Waals surface area contributed by atoms with Crippen LogP contribution in [0.5, 0.6) is 0 Å². The van der Waals surface area contributed by atoms with Gasteiger partial charge in [0.05, 0.1) is 0 Å². The standard InChI is InChI=1S/C18H16O2/c1-13-3-2-4-14(11-13)5-6-15-7-9-17-16(12-15)8-10-18(19)20-17/h2-4,7-12H,5-6H2,1H3. The largest absolute Gasteiger partial charge is 0.423 e. The van der Waals surface area contributed by atoms with Gasteiger partial charge in [-0.3, -0.25) is 0 Å². The van der Waals surface area contributed by atoms with Crippen molar-refractivity contribution in [2.45, 2.75) is 19.8 Å². The first-order chi connectivity index (χ1) is 9.70. The van der Waals surface area contributed by atoms with Gasteiger partial charge in [-0.2, -0.15) is 0 Å². The summed E-state index contributed by atoms with van der Waals surface area (Å²) in [5, 5.41) is 0.978. The number of rotatable bonds is 3. The predicted molar refractivity (Wildman–Crippen MR) is 81.1 cm³/mol. The zero-order valence-corrected chi connectivity index (χ0v) is 11.4. The molecule has 1 heterocycles. The number of aryl methyl sites for hydroxylation is 3. The van der Waals surface area contributed by atoms with E-state index >= 15 is 0 Å². The molecule has 0 N–H and O–H groups in total. The van der Waals surface area contributed by atoms with Crippen molar-refractivity contribution in [3.63, 3.8) is 0 Å². The maximum atomic E-state index is 11.1. The Morgan fingerprint density at radius 3 is 2.50 bits per heavy atom. The lowest BCUT2D eigenvalue weighted by atomic mass is 10.0. The van der Waals surface area contributed by atoms with E-state index in [1.54, 1.807) is 0 Å². The highest BCUT2D eigenvalue weighted by Gasteiger charge is 2.00. The molecule has 0 saturated heterocycles. The van der Waals surface area contributed by atoms with Crippen molar-refractivity contribution >= 4 is 11.0 Å². The van der Waals surface area contributed by atoms with Crippen molar-refractivity contribution in [1.29, 1.82) is 0 Å². The molecule has 3 aromatic rings. The molecule has 1 aromatic heterocycles. The van der Waals surface area contributed by atoms with E-state index in [0.717, 1.165) is 18.2 Å². The van der Waals surface area contributed by atoms with Crippen molar-refractivity contribution in [2.24, 2.45) is 0 Å². The molecule has 0 bridgehead atoms. The molecule has 0 saturated carbocycles. The van der Waals surface area contributed by atoms with E-state index in [1.807, 2.05) is 18.2 Å². The van der Waals surface area contributed by atoms with Crippen LogP contribution in [0.1, 0.15) is 16.7 Å². The minimum atomic E-state index is -0.301. The van der Waals surface area contributed by atoms with Crippen LogP contribution in [0.4, 0.5) is 0 Å². The molecule has 100 valence electrons. The first-order valence-electron chi connectivity index (χ1n) is 6.79. The van der Waals surface area contributed by atoms with Crippen LogP contribution in [0.3, 0.4) is 0 Å². The highest BCUT2D eigenvalue weighted by Crippen LogP contribution is 2.16. The van der Waals surface area contributed by atoms with Gasteiger partial charge in [0.15, 0.2) is 0 Å². The third kappa shape index (κ3) is 2.80. The van der Waals surface area contributed by atoms with Gasteiger partial charge in [0.1, 0.15) is 5.58 Å². The third-order valence-electron chi connectivity index (χ3n) is 3.47. The maximum Gasteiger partial charge on any atom is 0.336 e. The molecular formula is C18H16O2. The van der Waals surface area contributed by atoms with Crippen LogP contribution in [0.15, 0.2) is 63.8 Å². The Hall–Kier alpha value is -2.35. The van der Waals surface area contributed by atoms with Crippen LogP contribution in [-0.4, -0.2) is 0 Å². The maximum absolute atomic E-state index is 11.1. The van der Waals surface area contributed by atoms with Crippen molar-refractivity contribution < 1.29 is 4.42 Å². The SMILES string of the molecule is Cc1cccc(CCc2ccc3oc(=O)ccc3c2)c1. The zero-order chi connectivity index (χ0) is 13.9. The van der Waals surface area contributed by atoms with Crippen molar-refractivity contribution in [1.82, 2.24) is 0 Å². The van der Waals surface area contributed by atoms with E-state index in [0.29, 0.717) is 5.58 Å². The summed E-state index contributed by atoms with van der Waals surface area (Å²) >= 11 is 0. The van der Waals surface area contributed by atoms with Gasteiger partial charge < -0.3 is 4.42 Å². The molecule has 0 aliphatic carbocycles. The molecule has 0 radical (unpaired) electrons. The second-order valence-electron chi connectivity index (χ2n) is 5.12. The molecule has 0 spiro atoms. The Bertz CT molecular complexity index is 800. The van der Waals surface area contributed by atoms with E-state index in [4.69, 9.17) is 4.42 Å². The molecule has 2 aromatic carbocycles. The van der Waals surface area contributed by atoms with E-state index < -0.39 is 0 Å². The molecule has 0 amide bonds. The lowest BCUT2D eigenvalue weighted by Crippen LogP contribution is -1.96. The number of benzene rings is 2. The quantitative estimate of drug-likeness (QED) is 0.672. The fraction of sp³-hybridized carbons (Fsp3) is 0.167. The summed E-state index contributed by atoms with van der Waals surface area (Å²) in [4.78, 5) is 11.1. The fourth-order valence-electron chi connectivity index (χ4n) is 2.43. The summed E-state index contributed by atoms with van der Waals surface area (Å²) < 4.78 is 5.14. The van der Waals surface area contributed by atoms with Crippen molar-refractivity contribution in [2.75, 3.05) is 0 Å². The topological polar surface area (TPSA) is 30.2 Å². The number of hydrogen-bond donors (Lipinski definition) is 0. The average Bonchev–Trinajstić information content (AvgIpc) is 2.45. The van der Waals surface area contributed by atoms with Crippen molar-refractivity contribution in [3.05, 3.63) is 81.7 Å². The molecule has 2 heteroatoms. The van der Waals surface area contributed by atoms with Gasteiger partial charge in [-0.15, -0.1) is 0 Å². The smallest absolute Gasteiger partial charge is 0.336 e. The number of fused-ring (bicyclic) bond motifs is 1. The lowest BCUT2D eigenvalue weighted by Gasteiger charge is -2.04. The third-order valence-corrected chi connectivity index (χ3v) is 3.47. The molecule has 3 rings (SSSR count). The van der Waals surface area contributed by atoms with Crippen LogP contribution in [0, 0.1) is 6.92 Å². The first kappa shape index (κ1) is 12.7. The molecule has 0 aliphatic heterocycles. The Morgan fingerprint density at radius 2 is 1.70 bits per heavy atom. The molecule has 0 unspecified atom stereocenters. The summed E-state index contributed by atoms with van der Waals surface area (Å²) in [5.41, 5.74) is 4.25. The Morgan fingerprint density at radius 1 is 0.900 bits per heavy atom.